The van der Waals surface area contributed by atoms with Crippen molar-refractivity contribution in [3.8, 4) is 0 Å². The summed E-state index contributed by atoms with van der Waals surface area (Å²) < 4.78 is 34.7. The third kappa shape index (κ3) is 8.65. The third-order valence-electron chi connectivity index (χ3n) is 2.45. The summed E-state index contributed by atoms with van der Waals surface area (Å²) in [6.45, 7) is 0.435. The summed E-state index contributed by atoms with van der Waals surface area (Å²) in [6.07, 6.45) is 6.58. The van der Waals surface area contributed by atoms with Crippen LogP contribution in [0, 0.1) is 0 Å². The topological polar surface area (TPSA) is 63.6 Å². The van der Waals surface area contributed by atoms with E-state index in [1.54, 1.807) is 0 Å². The van der Waals surface area contributed by atoms with Crippen LogP contribution in [0.2, 0.25) is 0 Å². The summed E-state index contributed by atoms with van der Waals surface area (Å²) in [5.74, 6) is -0.195. The molecule has 0 bridgehead atoms. The Bertz CT molecular complexity index is 247. The molecule has 0 heterocycles. The SMILES string of the molecule is O=S(=O)(O)CCCOC1CCCCC1.[NaH]. The van der Waals surface area contributed by atoms with Crippen molar-refractivity contribution in [1.82, 2.24) is 0 Å². The monoisotopic (exact) mass is 246 g/mol. The molecule has 6 heteroatoms. The third-order valence-corrected chi connectivity index (χ3v) is 3.26. The Labute approximate surface area is 114 Å². The molecule has 1 fully saturated rings. The van der Waals surface area contributed by atoms with E-state index >= 15 is 0 Å². The van der Waals surface area contributed by atoms with Gasteiger partial charge in [-0.05, 0) is 19.3 Å². The van der Waals surface area contributed by atoms with E-state index < -0.39 is 10.1 Å². The molecular weight excluding hydrogens is 227 g/mol. The maximum absolute atomic E-state index is 10.4. The molecule has 0 saturated heterocycles. The van der Waals surface area contributed by atoms with E-state index in [1.165, 1.54) is 19.3 Å². The molecule has 0 unspecified atom stereocenters. The molecule has 0 aromatic heterocycles. The van der Waals surface area contributed by atoms with Crippen LogP contribution >= 0.6 is 0 Å². The summed E-state index contributed by atoms with van der Waals surface area (Å²) in [5.41, 5.74) is 0. The summed E-state index contributed by atoms with van der Waals surface area (Å²) >= 11 is 0. The molecule has 1 aliphatic carbocycles. The molecule has 1 saturated carbocycles. The van der Waals surface area contributed by atoms with Crippen molar-refractivity contribution in [2.75, 3.05) is 12.4 Å². The van der Waals surface area contributed by atoms with Crippen molar-refractivity contribution in [2.45, 2.75) is 44.6 Å². The van der Waals surface area contributed by atoms with Gasteiger partial charge < -0.3 is 4.74 Å². The Morgan fingerprint density at radius 3 is 2.33 bits per heavy atom. The molecule has 0 aliphatic heterocycles. The van der Waals surface area contributed by atoms with E-state index in [4.69, 9.17) is 9.29 Å². The number of ether oxygens (including phenoxy) is 1. The first-order valence-electron chi connectivity index (χ1n) is 5.15. The maximum atomic E-state index is 10.4. The average Bonchev–Trinajstić information content (AvgIpc) is 2.13. The van der Waals surface area contributed by atoms with Crippen LogP contribution in [0.25, 0.3) is 0 Å². The van der Waals surface area contributed by atoms with E-state index in [1.807, 2.05) is 0 Å². The predicted molar refractivity (Wildman–Crippen MR) is 61.0 cm³/mol. The van der Waals surface area contributed by atoms with Gasteiger partial charge >= 0.3 is 29.6 Å². The van der Waals surface area contributed by atoms with Crippen molar-refractivity contribution < 1.29 is 17.7 Å². The van der Waals surface area contributed by atoms with Crippen LogP contribution in [0.4, 0.5) is 0 Å². The summed E-state index contributed by atoms with van der Waals surface area (Å²) in [7, 11) is -3.81. The predicted octanol–water partition coefficient (Wildman–Crippen LogP) is 0.965. The molecule has 86 valence electrons. The molecule has 0 aromatic rings. The quantitative estimate of drug-likeness (QED) is 0.446. The van der Waals surface area contributed by atoms with Crippen molar-refractivity contribution in [3.63, 3.8) is 0 Å². The Morgan fingerprint density at radius 1 is 1.20 bits per heavy atom. The van der Waals surface area contributed by atoms with Gasteiger partial charge in [-0.1, -0.05) is 19.3 Å². The summed E-state index contributed by atoms with van der Waals surface area (Å²) in [5, 5.41) is 0. The van der Waals surface area contributed by atoms with Gasteiger partial charge in [0.25, 0.3) is 10.1 Å². The fourth-order valence-corrected chi connectivity index (χ4v) is 2.21. The van der Waals surface area contributed by atoms with Gasteiger partial charge in [-0.25, -0.2) is 0 Å². The van der Waals surface area contributed by atoms with Gasteiger partial charge in [-0.2, -0.15) is 8.42 Å². The molecule has 15 heavy (non-hydrogen) atoms. The molecule has 0 spiro atoms. The Morgan fingerprint density at radius 2 is 1.80 bits per heavy atom. The first kappa shape index (κ1) is 15.9. The molecule has 4 nitrogen and oxygen atoms in total. The van der Waals surface area contributed by atoms with Gasteiger partial charge in [-0.15, -0.1) is 0 Å². The van der Waals surface area contributed by atoms with Gasteiger partial charge in [0, 0.05) is 6.61 Å². The van der Waals surface area contributed by atoms with Crippen molar-refractivity contribution in [2.24, 2.45) is 0 Å². The van der Waals surface area contributed by atoms with Crippen molar-refractivity contribution in [1.29, 1.82) is 0 Å². The summed E-state index contributed by atoms with van der Waals surface area (Å²) in [6, 6.07) is 0. The minimum absolute atomic E-state index is 0. The number of hydrogen-bond acceptors (Lipinski definition) is 3. The zero-order valence-electron chi connectivity index (χ0n) is 8.31. The second-order valence-corrected chi connectivity index (χ2v) is 5.34. The number of hydrogen-bond donors (Lipinski definition) is 1. The molecule has 1 aliphatic rings. The van der Waals surface area contributed by atoms with E-state index in [0.29, 0.717) is 19.1 Å². The van der Waals surface area contributed by atoms with E-state index in [9.17, 15) is 8.42 Å². The molecule has 0 amide bonds. The van der Waals surface area contributed by atoms with Crippen LogP contribution in [0.1, 0.15) is 38.5 Å². The van der Waals surface area contributed by atoms with Crippen LogP contribution in [0.3, 0.4) is 0 Å². The molecular formula is C9H19NaO4S. The van der Waals surface area contributed by atoms with Crippen LogP contribution in [-0.2, 0) is 14.9 Å². The Hall–Kier alpha value is 0.870. The van der Waals surface area contributed by atoms with Gasteiger partial charge in [0.15, 0.2) is 0 Å². The van der Waals surface area contributed by atoms with Gasteiger partial charge in [0.05, 0.1) is 11.9 Å². The van der Waals surface area contributed by atoms with Gasteiger partial charge in [0.2, 0.25) is 0 Å². The normalized spacial score (nSPS) is 18.5. The first-order chi connectivity index (χ1) is 6.58. The minimum atomic E-state index is -3.81. The fourth-order valence-electron chi connectivity index (χ4n) is 1.72. The Kier molecular flexibility index (Phi) is 8.50. The van der Waals surface area contributed by atoms with Crippen LogP contribution < -0.4 is 0 Å². The molecule has 0 aromatic carbocycles. The fraction of sp³-hybridized carbons (Fsp3) is 1.00. The van der Waals surface area contributed by atoms with E-state index in [-0.39, 0.29) is 35.3 Å². The van der Waals surface area contributed by atoms with Crippen molar-refractivity contribution >= 4 is 39.7 Å². The molecule has 1 N–H and O–H groups in total. The van der Waals surface area contributed by atoms with Crippen LogP contribution in [-0.4, -0.2) is 61.0 Å². The second-order valence-electron chi connectivity index (χ2n) is 3.77. The second kappa shape index (κ2) is 8.03. The zero-order valence-corrected chi connectivity index (χ0v) is 9.13. The standard InChI is InChI=1S/C9H18O4S.Na.H/c10-14(11,12)8-4-7-13-9-5-2-1-3-6-9;;/h9H,1-8H2,(H,10,11,12);;. The number of rotatable bonds is 5. The molecule has 0 atom stereocenters. The molecule has 1 rings (SSSR count). The first-order valence-corrected chi connectivity index (χ1v) is 6.75. The van der Waals surface area contributed by atoms with Gasteiger partial charge in [0.1, 0.15) is 0 Å². The van der Waals surface area contributed by atoms with Crippen LogP contribution in [0.15, 0.2) is 0 Å². The van der Waals surface area contributed by atoms with E-state index in [0.717, 1.165) is 12.8 Å². The molecule has 0 radical (unpaired) electrons. The Balaban J connectivity index is 0.00000196. The van der Waals surface area contributed by atoms with E-state index in [2.05, 4.69) is 0 Å². The van der Waals surface area contributed by atoms with Gasteiger partial charge in [-0.3, -0.25) is 4.55 Å². The zero-order chi connectivity index (χ0) is 10.4. The summed E-state index contributed by atoms with van der Waals surface area (Å²) in [4.78, 5) is 0. The van der Waals surface area contributed by atoms with Crippen molar-refractivity contribution in [3.05, 3.63) is 0 Å². The average molecular weight is 246 g/mol. The van der Waals surface area contributed by atoms with Crippen LogP contribution in [0.5, 0.6) is 0 Å².